The first-order valence-electron chi connectivity index (χ1n) is 8.75. The lowest BCUT2D eigenvalue weighted by Gasteiger charge is -2.17. The molecule has 0 aromatic heterocycles. The third kappa shape index (κ3) is 4.57. The van der Waals surface area contributed by atoms with Crippen molar-refractivity contribution in [2.24, 2.45) is 0 Å². The Labute approximate surface area is 170 Å². The van der Waals surface area contributed by atoms with Gasteiger partial charge in [-0.05, 0) is 42.4 Å². The summed E-state index contributed by atoms with van der Waals surface area (Å²) >= 11 is 0.770. The Hall–Kier alpha value is -3.33. The van der Waals surface area contributed by atoms with Crippen molar-refractivity contribution in [3.63, 3.8) is 0 Å². The van der Waals surface area contributed by atoms with Gasteiger partial charge in [-0.3, -0.25) is 14.5 Å². The van der Waals surface area contributed by atoms with Gasteiger partial charge in [-0.1, -0.05) is 30.3 Å². The van der Waals surface area contributed by atoms with Gasteiger partial charge in [-0.2, -0.15) is 0 Å². The third-order valence-corrected chi connectivity index (χ3v) is 5.15. The number of para-hydroxylation sites is 1. The van der Waals surface area contributed by atoms with Crippen molar-refractivity contribution in [2.45, 2.75) is 18.8 Å². The Morgan fingerprint density at radius 2 is 1.83 bits per heavy atom. The molecule has 1 saturated heterocycles. The molecular weight excluding hydrogens is 396 g/mol. The highest BCUT2D eigenvalue weighted by Gasteiger charge is 2.39. The molecule has 2 aromatic rings. The fraction of sp³-hybridized carbons (Fsp3) is 0.200. The number of anilines is 1. The number of rotatable bonds is 7. The molecule has 0 bridgehead atoms. The largest absolute Gasteiger partial charge is 0.545 e. The predicted octanol–water partition coefficient (Wildman–Crippen LogP) is 1.86. The van der Waals surface area contributed by atoms with E-state index in [9.17, 15) is 24.3 Å². The van der Waals surface area contributed by atoms with E-state index >= 15 is 0 Å². The van der Waals surface area contributed by atoms with Crippen molar-refractivity contribution in [2.75, 3.05) is 11.9 Å². The Kier molecular flexibility index (Phi) is 6.18. The number of imide groups is 1. The average Bonchev–Trinajstić information content (AvgIpc) is 2.96. The van der Waals surface area contributed by atoms with Gasteiger partial charge < -0.3 is 20.0 Å². The number of aromatic carboxylic acids is 1. The second-order valence-corrected chi connectivity index (χ2v) is 7.14. The van der Waals surface area contributed by atoms with Crippen LogP contribution >= 0.6 is 11.8 Å². The molecular formula is C20H17N2O6S-. The van der Waals surface area contributed by atoms with Gasteiger partial charge in [0.15, 0.2) is 5.37 Å². The number of nitrogens with one attached hydrogen (secondary N) is 1. The molecule has 150 valence electrons. The van der Waals surface area contributed by atoms with E-state index in [0.29, 0.717) is 11.1 Å². The third-order valence-electron chi connectivity index (χ3n) is 4.17. The first-order valence-corrected chi connectivity index (χ1v) is 9.63. The van der Waals surface area contributed by atoms with Crippen LogP contribution in [0, 0.1) is 0 Å². The van der Waals surface area contributed by atoms with Crippen LogP contribution in [0.2, 0.25) is 0 Å². The second-order valence-electron chi connectivity index (χ2n) is 6.08. The lowest BCUT2D eigenvalue weighted by atomic mass is 10.1. The predicted molar refractivity (Wildman–Crippen MR) is 104 cm³/mol. The number of carbonyl (C=O) groups is 4. The number of hydrogen-bond acceptors (Lipinski definition) is 8. The van der Waals surface area contributed by atoms with Gasteiger partial charge in [0, 0.05) is 11.3 Å². The van der Waals surface area contributed by atoms with E-state index in [4.69, 9.17) is 4.74 Å². The first kappa shape index (κ1) is 20.4. The number of esters is 1. The van der Waals surface area contributed by atoms with Crippen LogP contribution in [0.4, 0.5) is 10.5 Å². The van der Waals surface area contributed by atoms with Crippen LogP contribution in [0.3, 0.4) is 0 Å². The minimum Gasteiger partial charge on any atom is -0.545 e. The number of carbonyl (C=O) groups excluding carboxylic acids is 4. The van der Waals surface area contributed by atoms with E-state index in [2.05, 4.69) is 5.32 Å². The molecule has 1 aliphatic rings. The van der Waals surface area contributed by atoms with Crippen LogP contribution in [0.1, 0.15) is 33.2 Å². The van der Waals surface area contributed by atoms with Crippen LogP contribution < -0.4 is 10.4 Å². The van der Waals surface area contributed by atoms with Gasteiger partial charge in [0.25, 0.3) is 11.1 Å². The molecule has 8 nitrogen and oxygen atoms in total. The molecule has 0 saturated carbocycles. The molecule has 1 aliphatic heterocycles. The molecule has 1 heterocycles. The number of carboxylic acid groups (broad SMARTS) is 1. The van der Waals surface area contributed by atoms with Crippen LogP contribution in [0.25, 0.3) is 0 Å². The number of carboxylic acids is 1. The van der Waals surface area contributed by atoms with Crippen LogP contribution in [-0.2, 0) is 16.1 Å². The number of ether oxygens (including phenoxy) is 1. The van der Waals surface area contributed by atoms with Crippen LogP contribution in [-0.4, -0.2) is 40.0 Å². The number of nitrogens with zero attached hydrogens (tertiary/aromatic N) is 1. The lowest BCUT2D eigenvalue weighted by molar-refractivity contribution is -0.254. The van der Waals surface area contributed by atoms with E-state index in [-0.39, 0.29) is 24.4 Å². The average molecular weight is 413 g/mol. The molecule has 0 radical (unpaired) electrons. The molecule has 1 fully saturated rings. The van der Waals surface area contributed by atoms with Gasteiger partial charge >= 0.3 is 5.97 Å². The number of amides is 2. The maximum atomic E-state index is 12.7. The summed E-state index contributed by atoms with van der Waals surface area (Å²) in [6.07, 6.45) is 0. The van der Waals surface area contributed by atoms with E-state index in [1.807, 2.05) is 0 Å². The highest BCUT2D eigenvalue weighted by atomic mass is 32.2. The van der Waals surface area contributed by atoms with Gasteiger partial charge in [0.1, 0.15) is 0 Å². The van der Waals surface area contributed by atoms with Crippen molar-refractivity contribution in [1.29, 1.82) is 0 Å². The second kappa shape index (κ2) is 8.78. The van der Waals surface area contributed by atoms with Gasteiger partial charge in [-0.15, -0.1) is 0 Å². The van der Waals surface area contributed by atoms with Crippen molar-refractivity contribution in [3.05, 3.63) is 65.2 Å². The summed E-state index contributed by atoms with van der Waals surface area (Å²) in [7, 11) is 0. The fourth-order valence-electron chi connectivity index (χ4n) is 2.75. The molecule has 0 unspecified atom stereocenters. The maximum absolute atomic E-state index is 12.7. The minimum atomic E-state index is -1.38. The Morgan fingerprint density at radius 3 is 2.48 bits per heavy atom. The van der Waals surface area contributed by atoms with Crippen LogP contribution in [0.15, 0.2) is 48.5 Å². The molecule has 9 heteroatoms. The van der Waals surface area contributed by atoms with E-state index in [1.165, 1.54) is 18.2 Å². The van der Waals surface area contributed by atoms with Crippen molar-refractivity contribution in [1.82, 2.24) is 4.90 Å². The molecule has 2 amide bonds. The summed E-state index contributed by atoms with van der Waals surface area (Å²) in [5.41, 5.74) is 1.15. The summed E-state index contributed by atoms with van der Waals surface area (Å²) < 4.78 is 4.92. The van der Waals surface area contributed by atoms with Crippen molar-refractivity contribution in [3.8, 4) is 0 Å². The topological polar surface area (TPSA) is 116 Å². The molecule has 0 aliphatic carbocycles. The zero-order valence-corrected chi connectivity index (χ0v) is 16.2. The maximum Gasteiger partial charge on any atom is 0.338 e. The number of benzene rings is 2. The Morgan fingerprint density at radius 1 is 1.14 bits per heavy atom. The minimum absolute atomic E-state index is 0.0358. The molecule has 1 N–H and O–H groups in total. The van der Waals surface area contributed by atoms with Gasteiger partial charge in [0.2, 0.25) is 0 Å². The summed E-state index contributed by atoms with van der Waals surface area (Å²) in [6.45, 7) is 2.02. The number of thioether (sulfide) groups is 1. The molecule has 1 atom stereocenters. The normalized spacial score (nSPS) is 16.0. The Balaban J connectivity index is 1.70. The van der Waals surface area contributed by atoms with E-state index in [0.717, 1.165) is 16.7 Å². The van der Waals surface area contributed by atoms with Crippen LogP contribution in [0.5, 0.6) is 0 Å². The molecule has 29 heavy (non-hydrogen) atoms. The summed E-state index contributed by atoms with van der Waals surface area (Å²) in [4.78, 5) is 48.9. The quantitative estimate of drug-likeness (QED) is 0.684. The monoisotopic (exact) mass is 413 g/mol. The summed E-state index contributed by atoms with van der Waals surface area (Å²) in [6, 6.07) is 12.4. The standard InChI is InChI=1S/C20H18N2O6S/c1-2-28-19(26)13-9-7-12(8-10-13)11-22-17(23)16(29-20(22)27)21-15-6-4-3-5-14(15)18(24)25/h3-10,16,21H,2,11H2,1H3,(H,24,25)/p-1/t16-/m1/s1. The Bertz CT molecular complexity index is 960. The number of hydrogen-bond donors (Lipinski definition) is 1. The van der Waals surface area contributed by atoms with Gasteiger partial charge in [-0.25, -0.2) is 4.79 Å². The zero-order valence-electron chi connectivity index (χ0n) is 15.4. The fourth-order valence-corrected chi connectivity index (χ4v) is 3.65. The summed E-state index contributed by atoms with van der Waals surface area (Å²) in [5, 5.41) is 12.6. The van der Waals surface area contributed by atoms with E-state index in [1.54, 1.807) is 37.3 Å². The smallest absolute Gasteiger partial charge is 0.338 e. The molecule has 2 aromatic carbocycles. The van der Waals surface area contributed by atoms with Crippen molar-refractivity contribution < 1.29 is 29.0 Å². The highest BCUT2D eigenvalue weighted by molar-refractivity contribution is 8.15. The first-order chi connectivity index (χ1) is 13.9. The SMILES string of the molecule is CCOC(=O)c1ccc(CN2C(=O)S[C@@H](Nc3ccccc3C(=O)[O-])C2=O)cc1. The van der Waals surface area contributed by atoms with E-state index < -0.39 is 28.5 Å². The molecule has 0 spiro atoms. The van der Waals surface area contributed by atoms with Gasteiger partial charge in [0.05, 0.1) is 24.7 Å². The van der Waals surface area contributed by atoms with Crippen molar-refractivity contribution >= 4 is 40.5 Å². The summed E-state index contributed by atoms with van der Waals surface area (Å²) in [5.74, 6) is -2.31. The lowest BCUT2D eigenvalue weighted by Crippen LogP contribution is -2.34. The zero-order chi connectivity index (χ0) is 21.0. The molecule has 3 rings (SSSR count). The highest BCUT2D eigenvalue weighted by Crippen LogP contribution is 2.30.